The number of Topliss-reactive ketones (excluding diaryl/α,β-unsaturated/α-hetero) is 1. The second-order valence-electron chi connectivity index (χ2n) is 3.94. The lowest BCUT2D eigenvalue weighted by Crippen LogP contribution is -2.43. The highest BCUT2D eigenvalue weighted by Crippen LogP contribution is 2.34. The van der Waals surface area contributed by atoms with Crippen molar-refractivity contribution in [3.63, 3.8) is 0 Å². The molecule has 0 spiro atoms. The van der Waals surface area contributed by atoms with Crippen LogP contribution < -0.4 is 0 Å². The Morgan fingerprint density at radius 1 is 1.33 bits per heavy atom. The Bertz CT molecular complexity index is 594. The molecule has 1 aromatic carbocycles. The molecule has 0 aliphatic heterocycles. The molecular weight excluding hydrogens is 252 g/mol. The van der Waals surface area contributed by atoms with Crippen LogP contribution in [0.15, 0.2) is 30.3 Å². The SMILES string of the molecule is CC(=O)C(C=O)(C(=O)O)c1cc2ccccc2s1. The van der Waals surface area contributed by atoms with Crippen LogP contribution in [0, 0.1) is 0 Å². The smallest absolute Gasteiger partial charge is 0.330 e. The van der Waals surface area contributed by atoms with Gasteiger partial charge in [0.15, 0.2) is 5.78 Å². The third-order valence-electron chi connectivity index (χ3n) is 2.88. The Morgan fingerprint density at radius 2 is 2.00 bits per heavy atom. The van der Waals surface area contributed by atoms with Crippen molar-refractivity contribution in [1.82, 2.24) is 0 Å². The number of aliphatic carboxylic acids is 1. The Balaban J connectivity index is 2.72. The number of fused-ring (bicyclic) bond motifs is 1. The minimum Gasteiger partial charge on any atom is -0.480 e. The first kappa shape index (κ1) is 12.4. The van der Waals surface area contributed by atoms with Gasteiger partial charge in [0.2, 0.25) is 5.41 Å². The summed E-state index contributed by atoms with van der Waals surface area (Å²) in [5.74, 6) is -2.12. The van der Waals surface area contributed by atoms with E-state index < -0.39 is 17.2 Å². The van der Waals surface area contributed by atoms with E-state index in [9.17, 15) is 19.5 Å². The molecule has 0 bridgehead atoms. The standard InChI is InChI=1S/C13H10O4S/c1-8(15)13(7-14,12(16)17)11-6-9-4-2-3-5-10(9)18-11/h2-7H,1H3,(H,16,17). The second-order valence-corrected chi connectivity index (χ2v) is 5.02. The predicted molar refractivity (Wildman–Crippen MR) is 67.9 cm³/mol. The number of ketones is 1. The number of carboxylic acid groups (broad SMARTS) is 1. The molecule has 5 heteroatoms. The number of hydrogen-bond acceptors (Lipinski definition) is 4. The molecule has 1 heterocycles. The summed E-state index contributed by atoms with van der Waals surface area (Å²) >= 11 is 1.15. The van der Waals surface area contributed by atoms with Crippen LogP contribution in [0.4, 0.5) is 0 Å². The first-order valence-electron chi connectivity index (χ1n) is 5.22. The number of carbonyl (C=O) groups is 3. The summed E-state index contributed by atoms with van der Waals surface area (Å²) in [7, 11) is 0. The molecule has 2 rings (SSSR count). The normalized spacial score (nSPS) is 14.1. The molecule has 2 aromatic rings. The lowest BCUT2D eigenvalue weighted by molar-refractivity contribution is -0.149. The van der Waals surface area contributed by atoms with Gasteiger partial charge in [-0.2, -0.15) is 0 Å². The molecule has 1 aromatic heterocycles. The number of thiophene rings is 1. The van der Waals surface area contributed by atoms with Crippen molar-refractivity contribution in [1.29, 1.82) is 0 Å². The van der Waals surface area contributed by atoms with Crippen LogP contribution in [0.1, 0.15) is 11.8 Å². The fourth-order valence-electron chi connectivity index (χ4n) is 1.80. The van der Waals surface area contributed by atoms with E-state index in [0.717, 1.165) is 28.3 Å². The van der Waals surface area contributed by atoms with Crippen LogP contribution in [0.3, 0.4) is 0 Å². The van der Waals surface area contributed by atoms with Crippen molar-refractivity contribution in [3.05, 3.63) is 35.2 Å². The molecule has 0 aliphatic carbocycles. The van der Waals surface area contributed by atoms with Crippen LogP contribution in [0.5, 0.6) is 0 Å². The van der Waals surface area contributed by atoms with Crippen molar-refractivity contribution in [2.24, 2.45) is 0 Å². The fraction of sp³-hybridized carbons (Fsp3) is 0.154. The summed E-state index contributed by atoms with van der Waals surface area (Å²) in [6, 6.07) is 8.85. The zero-order chi connectivity index (χ0) is 13.3. The lowest BCUT2D eigenvalue weighted by Gasteiger charge is -2.17. The van der Waals surface area contributed by atoms with Crippen LogP contribution in [0.2, 0.25) is 0 Å². The molecule has 0 amide bonds. The number of aldehydes is 1. The molecule has 1 unspecified atom stereocenters. The Labute approximate surface area is 107 Å². The molecule has 1 atom stereocenters. The van der Waals surface area contributed by atoms with Gasteiger partial charge in [0, 0.05) is 9.58 Å². The Hall–Kier alpha value is -2.01. The molecule has 0 saturated carbocycles. The van der Waals surface area contributed by atoms with Gasteiger partial charge in [0.1, 0.15) is 6.29 Å². The first-order valence-corrected chi connectivity index (χ1v) is 6.04. The summed E-state index contributed by atoms with van der Waals surface area (Å²) in [6.45, 7) is 1.12. The van der Waals surface area contributed by atoms with Gasteiger partial charge in [0.05, 0.1) is 0 Å². The highest BCUT2D eigenvalue weighted by Gasteiger charge is 2.46. The summed E-state index contributed by atoms with van der Waals surface area (Å²) in [5, 5.41) is 10.1. The molecule has 4 nitrogen and oxygen atoms in total. The largest absolute Gasteiger partial charge is 0.480 e. The van der Waals surface area contributed by atoms with Crippen molar-refractivity contribution in [2.45, 2.75) is 12.3 Å². The summed E-state index contributed by atoms with van der Waals surface area (Å²) in [5.41, 5.74) is -2.08. The van der Waals surface area contributed by atoms with Gasteiger partial charge in [0.25, 0.3) is 0 Å². The van der Waals surface area contributed by atoms with Gasteiger partial charge in [-0.15, -0.1) is 11.3 Å². The van der Waals surface area contributed by atoms with Crippen molar-refractivity contribution in [3.8, 4) is 0 Å². The van der Waals surface area contributed by atoms with E-state index in [4.69, 9.17) is 0 Å². The highest BCUT2D eigenvalue weighted by atomic mass is 32.1. The van der Waals surface area contributed by atoms with Gasteiger partial charge < -0.3 is 9.90 Å². The third-order valence-corrected chi connectivity index (χ3v) is 4.14. The fourth-order valence-corrected chi connectivity index (χ4v) is 3.05. The van der Waals surface area contributed by atoms with Crippen LogP contribution in [0.25, 0.3) is 10.1 Å². The maximum Gasteiger partial charge on any atom is 0.330 e. The summed E-state index contributed by atoms with van der Waals surface area (Å²) in [6.07, 6.45) is 0.211. The zero-order valence-electron chi connectivity index (χ0n) is 9.54. The molecule has 0 aliphatic rings. The van der Waals surface area contributed by atoms with E-state index in [1.54, 1.807) is 6.07 Å². The Morgan fingerprint density at radius 3 is 2.50 bits per heavy atom. The number of carboxylic acids is 1. The van der Waals surface area contributed by atoms with Crippen molar-refractivity contribution < 1.29 is 19.5 Å². The topological polar surface area (TPSA) is 71.4 Å². The molecule has 0 saturated heterocycles. The monoisotopic (exact) mass is 262 g/mol. The second kappa shape index (κ2) is 4.34. The average Bonchev–Trinajstić information content (AvgIpc) is 2.73. The minimum absolute atomic E-state index is 0.211. The number of rotatable bonds is 4. The number of benzene rings is 1. The lowest BCUT2D eigenvalue weighted by atomic mass is 9.84. The first-order chi connectivity index (χ1) is 8.52. The molecular formula is C13H10O4S. The van der Waals surface area contributed by atoms with Crippen molar-refractivity contribution in [2.75, 3.05) is 0 Å². The van der Waals surface area contributed by atoms with Gasteiger partial charge in [-0.3, -0.25) is 9.59 Å². The Kier molecular flexibility index (Phi) is 3.00. The predicted octanol–water partition coefficient (Wildman–Crippen LogP) is 2.01. The minimum atomic E-state index is -2.08. The van der Waals surface area contributed by atoms with Crippen LogP contribution >= 0.6 is 11.3 Å². The summed E-state index contributed by atoms with van der Waals surface area (Å²) < 4.78 is 0.848. The molecule has 92 valence electrons. The number of hydrogen-bond donors (Lipinski definition) is 1. The maximum atomic E-state index is 11.6. The van der Waals surface area contributed by atoms with E-state index in [2.05, 4.69) is 0 Å². The van der Waals surface area contributed by atoms with E-state index in [1.165, 1.54) is 0 Å². The highest BCUT2D eigenvalue weighted by molar-refractivity contribution is 7.19. The number of carbonyl (C=O) groups excluding carboxylic acids is 2. The van der Waals surface area contributed by atoms with Gasteiger partial charge in [-0.1, -0.05) is 18.2 Å². The van der Waals surface area contributed by atoms with Gasteiger partial charge in [-0.05, 0) is 24.4 Å². The molecule has 0 radical (unpaired) electrons. The van der Waals surface area contributed by atoms with E-state index in [1.807, 2.05) is 24.3 Å². The molecule has 0 fully saturated rings. The van der Waals surface area contributed by atoms with E-state index in [-0.39, 0.29) is 11.2 Å². The van der Waals surface area contributed by atoms with Crippen molar-refractivity contribution >= 4 is 39.5 Å². The third kappa shape index (κ3) is 1.64. The van der Waals surface area contributed by atoms with Crippen LogP contribution in [-0.2, 0) is 19.8 Å². The zero-order valence-corrected chi connectivity index (χ0v) is 10.4. The quantitative estimate of drug-likeness (QED) is 0.676. The van der Waals surface area contributed by atoms with Gasteiger partial charge in [-0.25, -0.2) is 0 Å². The summed E-state index contributed by atoms with van der Waals surface area (Å²) in [4.78, 5) is 34.4. The maximum absolute atomic E-state index is 11.6. The molecule has 18 heavy (non-hydrogen) atoms. The van der Waals surface area contributed by atoms with E-state index in [0.29, 0.717) is 0 Å². The molecule has 1 N–H and O–H groups in total. The van der Waals surface area contributed by atoms with E-state index >= 15 is 0 Å². The van der Waals surface area contributed by atoms with Crippen LogP contribution in [-0.4, -0.2) is 23.1 Å². The average molecular weight is 262 g/mol. The van der Waals surface area contributed by atoms with Gasteiger partial charge >= 0.3 is 5.97 Å².